The van der Waals surface area contributed by atoms with Gasteiger partial charge >= 0.3 is 0 Å². The number of halogens is 3. The maximum absolute atomic E-state index is 12.2. The Bertz CT molecular complexity index is 503. The van der Waals surface area contributed by atoms with Gasteiger partial charge in [0.15, 0.2) is 5.96 Å². The SMILES string of the molecule is CCNC(=NCCCF)NC1CCN(c2ncccc2Cl)C1.I. The van der Waals surface area contributed by atoms with E-state index in [-0.39, 0.29) is 36.7 Å². The van der Waals surface area contributed by atoms with Gasteiger partial charge in [0.2, 0.25) is 0 Å². The molecule has 1 aromatic heterocycles. The summed E-state index contributed by atoms with van der Waals surface area (Å²) in [6.45, 7) is 4.68. The molecule has 1 aliphatic rings. The fourth-order valence-electron chi connectivity index (χ4n) is 2.44. The van der Waals surface area contributed by atoms with Gasteiger partial charge < -0.3 is 15.5 Å². The largest absolute Gasteiger partial charge is 0.357 e. The number of guanidine groups is 1. The van der Waals surface area contributed by atoms with Crippen molar-refractivity contribution in [3.05, 3.63) is 23.4 Å². The van der Waals surface area contributed by atoms with E-state index in [4.69, 9.17) is 11.6 Å². The number of hydrogen-bond acceptors (Lipinski definition) is 3. The Balaban J connectivity index is 0.00000264. The van der Waals surface area contributed by atoms with E-state index in [2.05, 4.69) is 25.5 Å². The van der Waals surface area contributed by atoms with Gasteiger partial charge in [0.25, 0.3) is 0 Å². The zero-order valence-electron chi connectivity index (χ0n) is 13.3. The Labute approximate surface area is 159 Å². The maximum Gasteiger partial charge on any atom is 0.191 e. The van der Waals surface area contributed by atoms with Crippen LogP contribution in [0.4, 0.5) is 10.2 Å². The van der Waals surface area contributed by atoms with Crippen molar-refractivity contribution in [3.8, 4) is 0 Å². The van der Waals surface area contributed by atoms with Gasteiger partial charge in [-0.1, -0.05) is 11.6 Å². The van der Waals surface area contributed by atoms with Crippen LogP contribution >= 0.6 is 35.6 Å². The molecule has 0 bridgehead atoms. The fraction of sp³-hybridized carbons (Fsp3) is 0.600. The van der Waals surface area contributed by atoms with Gasteiger partial charge in [-0.2, -0.15) is 0 Å². The molecule has 23 heavy (non-hydrogen) atoms. The van der Waals surface area contributed by atoms with E-state index < -0.39 is 0 Å². The first-order valence-corrected chi connectivity index (χ1v) is 8.08. The van der Waals surface area contributed by atoms with Crippen LogP contribution in [0.15, 0.2) is 23.3 Å². The fourth-order valence-corrected chi connectivity index (χ4v) is 2.69. The van der Waals surface area contributed by atoms with E-state index in [9.17, 15) is 4.39 Å². The van der Waals surface area contributed by atoms with Crippen molar-refractivity contribution in [3.63, 3.8) is 0 Å². The second-order valence-corrected chi connectivity index (χ2v) is 5.60. The zero-order chi connectivity index (χ0) is 15.8. The summed E-state index contributed by atoms with van der Waals surface area (Å²) in [6, 6.07) is 3.97. The van der Waals surface area contributed by atoms with E-state index in [0.29, 0.717) is 18.0 Å². The molecule has 0 amide bonds. The number of pyridine rings is 1. The van der Waals surface area contributed by atoms with Crippen molar-refractivity contribution in [2.24, 2.45) is 4.99 Å². The van der Waals surface area contributed by atoms with Crippen LogP contribution in [-0.2, 0) is 0 Å². The van der Waals surface area contributed by atoms with Crippen LogP contribution in [0.1, 0.15) is 19.8 Å². The molecule has 1 aliphatic heterocycles. The molecular formula is C15H24ClFIN5. The number of nitrogens with one attached hydrogen (secondary N) is 2. The molecule has 0 aromatic carbocycles. The Hall–Kier alpha value is -0.830. The Morgan fingerprint density at radius 2 is 2.39 bits per heavy atom. The van der Waals surface area contributed by atoms with Gasteiger partial charge in [-0.3, -0.25) is 9.38 Å². The molecule has 2 rings (SSSR count). The van der Waals surface area contributed by atoms with Crippen LogP contribution in [0.2, 0.25) is 5.02 Å². The third kappa shape index (κ3) is 6.29. The summed E-state index contributed by atoms with van der Waals surface area (Å²) < 4.78 is 12.2. The summed E-state index contributed by atoms with van der Waals surface area (Å²) in [4.78, 5) is 10.9. The number of anilines is 1. The van der Waals surface area contributed by atoms with Gasteiger partial charge in [-0.15, -0.1) is 24.0 Å². The van der Waals surface area contributed by atoms with Crippen LogP contribution in [0, 0.1) is 0 Å². The highest BCUT2D eigenvalue weighted by molar-refractivity contribution is 14.0. The minimum absolute atomic E-state index is 0. The second kappa shape index (κ2) is 10.9. The highest BCUT2D eigenvalue weighted by Crippen LogP contribution is 2.25. The molecule has 1 atom stereocenters. The normalized spacial score (nSPS) is 17.8. The summed E-state index contributed by atoms with van der Waals surface area (Å²) in [5.74, 6) is 1.57. The molecule has 1 fully saturated rings. The number of alkyl halides is 1. The smallest absolute Gasteiger partial charge is 0.191 e. The topological polar surface area (TPSA) is 52.6 Å². The van der Waals surface area contributed by atoms with E-state index in [1.165, 1.54) is 0 Å². The van der Waals surface area contributed by atoms with E-state index in [1.807, 2.05) is 19.1 Å². The molecule has 5 nitrogen and oxygen atoms in total. The van der Waals surface area contributed by atoms with Crippen molar-refractivity contribution >= 4 is 47.4 Å². The van der Waals surface area contributed by atoms with Crippen LogP contribution in [0.3, 0.4) is 0 Å². The second-order valence-electron chi connectivity index (χ2n) is 5.19. The van der Waals surface area contributed by atoms with Crippen LogP contribution in [0.25, 0.3) is 0 Å². The average Bonchev–Trinajstić information content (AvgIpc) is 2.96. The quantitative estimate of drug-likeness (QED) is 0.300. The molecule has 1 saturated heterocycles. The maximum atomic E-state index is 12.2. The summed E-state index contributed by atoms with van der Waals surface area (Å²) in [5.41, 5.74) is 0. The minimum Gasteiger partial charge on any atom is -0.357 e. The van der Waals surface area contributed by atoms with Crippen molar-refractivity contribution < 1.29 is 4.39 Å². The van der Waals surface area contributed by atoms with Crippen molar-refractivity contribution in [1.82, 2.24) is 15.6 Å². The van der Waals surface area contributed by atoms with Gasteiger partial charge in [-0.05, 0) is 31.9 Å². The lowest BCUT2D eigenvalue weighted by Gasteiger charge is -2.20. The molecule has 0 aliphatic carbocycles. The van der Waals surface area contributed by atoms with E-state index in [0.717, 1.165) is 37.8 Å². The van der Waals surface area contributed by atoms with Crippen LogP contribution in [0.5, 0.6) is 0 Å². The number of hydrogen-bond donors (Lipinski definition) is 2. The van der Waals surface area contributed by atoms with Crippen LogP contribution < -0.4 is 15.5 Å². The summed E-state index contributed by atoms with van der Waals surface area (Å²) in [5, 5.41) is 7.26. The molecule has 1 unspecified atom stereocenters. The predicted molar refractivity (Wildman–Crippen MR) is 105 cm³/mol. The zero-order valence-corrected chi connectivity index (χ0v) is 16.4. The summed E-state index contributed by atoms with van der Waals surface area (Å²) >= 11 is 6.20. The first-order valence-electron chi connectivity index (χ1n) is 7.71. The molecular weight excluding hydrogens is 432 g/mol. The van der Waals surface area contributed by atoms with E-state index >= 15 is 0 Å². The number of rotatable bonds is 6. The molecule has 8 heteroatoms. The van der Waals surface area contributed by atoms with Gasteiger partial charge in [-0.25, -0.2) is 4.98 Å². The van der Waals surface area contributed by atoms with Crippen molar-refractivity contribution in [1.29, 1.82) is 0 Å². The lowest BCUT2D eigenvalue weighted by atomic mass is 10.3. The summed E-state index contributed by atoms with van der Waals surface area (Å²) in [7, 11) is 0. The molecule has 0 radical (unpaired) electrons. The van der Waals surface area contributed by atoms with Crippen LogP contribution in [-0.4, -0.2) is 49.8 Å². The molecule has 0 saturated carbocycles. The lowest BCUT2D eigenvalue weighted by molar-refractivity contribution is 0.477. The first-order chi connectivity index (χ1) is 10.7. The number of aromatic nitrogens is 1. The van der Waals surface area contributed by atoms with Crippen molar-refractivity contribution in [2.75, 3.05) is 37.8 Å². The van der Waals surface area contributed by atoms with Gasteiger partial charge in [0.05, 0.1) is 11.7 Å². The molecule has 0 spiro atoms. The molecule has 2 N–H and O–H groups in total. The minimum atomic E-state index is -0.335. The van der Waals surface area contributed by atoms with Crippen molar-refractivity contribution in [2.45, 2.75) is 25.8 Å². The highest BCUT2D eigenvalue weighted by Gasteiger charge is 2.25. The molecule has 1 aromatic rings. The standard InChI is InChI=1S/C15H23ClFN5.HI/c1-2-18-15(20-9-4-7-17)21-12-6-10-22(11-12)14-13(16)5-3-8-19-14;/h3,5,8,12H,2,4,6-7,9-11H2,1H3,(H2,18,20,21);1H. The molecule has 130 valence electrons. The van der Waals surface area contributed by atoms with E-state index in [1.54, 1.807) is 6.20 Å². The Morgan fingerprint density at radius 3 is 3.09 bits per heavy atom. The average molecular weight is 456 g/mol. The van der Waals surface area contributed by atoms with Gasteiger partial charge in [0, 0.05) is 38.4 Å². The Kier molecular flexibility index (Phi) is 9.54. The highest BCUT2D eigenvalue weighted by atomic mass is 127. The third-order valence-electron chi connectivity index (χ3n) is 3.47. The van der Waals surface area contributed by atoms with Gasteiger partial charge in [0.1, 0.15) is 5.82 Å². The lowest BCUT2D eigenvalue weighted by Crippen LogP contribution is -2.44. The first kappa shape index (κ1) is 20.2. The molecule has 2 heterocycles. The third-order valence-corrected chi connectivity index (χ3v) is 3.77. The monoisotopic (exact) mass is 455 g/mol. The Morgan fingerprint density at radius 1 is 1.57 bits per heavy atom. The predicted octanol–water partition coefficient (Wildman–Crippen LogP) is 2.85. The number of aliphatic imine (C=N–C) groups is 1. The number of nitrogens with zero attached hydrogens (tertiary/aromatic N) is 3. The summed E-state index contributed by atoms with van der Waals surface area (Å²) in [6.07, 6.45) is 3.20.